The molecule has 1 aliphatic rings. The van der Waals surface area contributed by atoms with Gasteiger partial charge in [-0.15, -0.1) is 11.6 Å². The van der Waals surface area contributed by atoms with E-state index in [9.17, 15) is 4.79 Å². The van der Waals surface area contributed by atoms with Crippen molar-refractivity contribution in [2.75, 3.05) is 6.61 Å². The van der Waals surface area contributed by atoms with Crippen molar-refractivity contribution in [3.8, 4) is 0 Å². The molecule has 1 saturated carbocycles. The summed E-state index contributed by atoms with van der Waals surface area (Å²) in [7, 11) is 0. The minimum absolute atomic E-state index is 0.127. The van der Waals surface area contributed by atoms with E-state index in [1.807, 2.05) is 0 Å². The summed E-state index contributed by atoms with van der Waals surface area (Å²) in [4.78, 5) is 10.1. The molecular formula is C9H15ClO3. The molecule has 1 N–H and O–H groups in total. The van der Waals surface area contributed by atoms with E-state index in [0.29, 0.717) is 5.92 Å². The summed E-state index contributed by atoms with van der Waals surface area (Å²) in [6.07, 6.45) is 4.68. The molecule has 4 heteroatoms. The number of rotatable bonds is 3. The van der Waals surface area contributed by atoms with Crippen LogP contribution in [-0.4, -0.2) is 23.2 Å². The molecule has 0 aromatic heterocycles. The first-order chi connectivity index (χ1) is 6.20. The van der Waals surface area contributed by atoms with Gasteiger partial charge in [-0.05, 0) is 18.8 Å². The van der Waals surface area contributed by atoms with Crippen LogP contribution in [0.15, 0.2) is 0 Å². The van der Waals surface area contributed by atoms with Gasteiger partial charge in [0.2, 0.25) is 0 Å². The van der Waals surface area contributed by atoms with Gasteiger partial charge in [-0.25, -0.2) is 4.79 Å². The van der Waals surface area contributed by atoms with Crippen molar-refractivity contribution in [2.24, 2.45) is 5.92 Å². The van der Waals surface area contributed by atoms with Crippen molar-refractivity contribution < 1.29 is 14.6 Å². The first kappa shape index (κ1) is 10.6. The Morgan fingerprint density at radius 2 is 2.08 bits per heavy atom. The van der Waals surface area contributed by atoms with E-state index >= 15 is 0 Å². The van der Waals surface area contributed by atoms with Crippen molar-refractivity contribution in [1.29, 1.82) is 0 Å². The lowest BCUT2D eigenvalue weighted by atomic mass is 9.87. The third-order valence-corrected chi connectivity index (χ3v) is 3.01. The van der Waals surface area contributed by atoms with Gasteiger partial charge in [-0.1, -0.05) is 19.3 Å². The van der Waals surface area contributed by atoms with Crippen molar-refractivity contribution in [1.82, 2.24) is 0 Å². The number of carboxylic acid groups (broad SMARTS) is 1. The minimum atomic E-state index is -1.23. The van der Waals surface area contributed by atoms with Crippen LogP contribution in [-0.2, 0) is 4.74 Å². The van der Waals surface area contributed by atoms with Crippen LogP contribution in [0.25, 0.3) is 0 Å². The lowest BCUT2D eigenvalue weighted by molar-refractivity contribution is 0.0854. The lowest BCUT2D eigenvalue weighted by Gasteiger charge is -2.25. The average Bonchev–Trinajstić information content (AvgIpc) is 2.15. The Morgan fingerprint density at radius 3 is 2.62 bits per heavy atom. The van der Waals surface area contributed by atoms with Gasteiger partial charge in [0.1, 0.15) is 6.61 Å². The monoisotopic (exact) mass is 206 g/mol. The molecule has 0 heterocycles. The molecule has 0 spiro atoms. The van der Waals surface area contributed by atoms with E-state index in [-0.39, 0.29) is 12.0 Å². The fourth-order valence-electron chi connectivity index (χ4n) is 1.78. The molecular weight excluding hydrogens is 192 g/mol. The third kappa shape index (κ3) is 3.85. The molecule has 1 fully saturated rings. The van der Waals surface area contributed by atoms with E-state index in [2.05, 4.69) is 4.74 Å². The molecule has 3 nitrogen and oxygen atoms in total. The summed E-state index contributed by atoms with van der Waals surface area (Å²) >= 11 is 6.02. The molecule has 13 heavy (non-hydrogen) atoms. The smallest absolute Gasteiger partial charge is 0.450 e. The molecule has 0 amide bonds. The van der Waals surface area contributed by atoms with E-state index in [1.165, 1.54) is 19.3 Å². The molecule has 0 aromatic carbocycles. The second-order valence-electron chi connectivity index (χ2n) is 3.49. The molecule has 1 aliphatic carbocycles. The molecule has 1 rings (SSSR count). The Kier molecular flexibility index (Phi) is 4.36. The number of hydrogen-bond donors (Lipinski definition) is 1. The summed E-state index contributed by atoms with van der Waals surface area (Å²) < 4.78 is 4.44. The van der Waals surface area contributed by atoms with Crippen molar-refractivity contribution in [2.45, 2.75) is 37.5 Å². The highest BCUT2D eigenvalue weighted by Gasteiger charge is 2.22. The Bertz CT molecular complexity index is 166. The summed E-state index contributed by atoms with van der Waals surface area (Å²) in [5.41, 5.74) is 0. The van der Waals surface area contributed by atoms with Crippen molar-refractivity contribution >= 4 is 17.8 Å². The zero-order valence-electron chi connectivity index (χ0n) is 7.54. The SMILES string of the molecule is O=C(O)OCC(Cl)C1CCCCC1. The molecule has 0 saturated heterocycles. The summed E-state index contributed by atoms with van der Waals surface area (Å²) in [5, 5.41) is 8.14. The van der Waals surface area contributed by atoms with Crippen LogP contribution in [0.1, 0.15) is 32.1 Å². The zero-order chi connectivity index (χ0) is 9.68. The molecule has 0 aliphatic heterocycles. The summed E-state index contributed by atoms with van der Waals surface area (Å²) in [6, 6.07) is 0. The Hall–Kier alpha value is -0.440. The summed E-state index contributed by atoms with van der Waals surface area (Å²) in [6.45, 7) is 0.127. The standard InChI is InChI=1S/C9H15ClO3/c10-8(6-13-9(11)12)7-4-2-1-3-5-7/h7-8H,1-6H2,(H,11,12). The van der Waals surface area contributed by atoms with Gasteiger partial charge < -0.3 is 9.84 Å². The number of hydrogen-bond acceptors (Lipinski definition) is 2. The topological polar surface area (TPSA) is 46.5 Å². The first-order valence-electron chi connectivity index (χ1n) is 4.70. The number of halogens is 1. The number of carbonyl (C=O) groups is 1. The number of ether oxygens (including phenoxy) is 1. The Balaban J connectivity index is 2.20. The maximum Gasteiger partial charge on any atom is 0.505 e. The van der Waals surface area contributed by atoms with E-state index < -0.39 is 6.16 Å². The zero-order valence-corrected chi connectivity index (χ0v) is 8.29. The molecule has 0 bridgehead atoms. The van der Waals surface area contributed by atoms with Gasteiger partial charge in [0.15, 0.2) is 0 Å². The van der Waals surface area contributed by atoms with E-state index in [0.717, 1.165) is 12.8 Å². The Morgan fingerprint density at radius 1 is 1.46 bits per heavy atom. The molecule has 1 unspecified atom stereocenters. The van der Waals surface area contributed by atoms with E-state index in [4.69, 9.17) is 16.7 Å². The normalized spacial score (nSPS) is 21.0. The first-order valence-corrected chi connectivity index (χ1v) is 5.13. The maximum absolute atomic E-state index is 10.1. The van der Waals surface area contributed by atoms with Gasteiger partial charge in [-0.3, -0.25) is 0 Å². The quantitative estimate of drug-likeness (QED) is 0.571. The molecule has 1 atom stereocenters. The highest BCUT2D eigenvalue weighted by molar-refractivity contribution is 6.21. The fraction of sp³-hybridized carbons (Fsp3) is 0.889. The maximum atomic E-state index is 10.1. The van der Waals surface area contributed by atoms with Gasteiger partial charge in [0, 0.05) is 0 Å². The van der Waals surface area contributed by atoms with Crippen LogP contribution in [0, 0.1) is 5.92 Å². The van der Waals surface area contributed by atoms with Gasteiger partial charge >= 0.3 is 6.16 Å². The van der Waals surface area contributed by atoms with Crippen LogP contribution in [0.5, 0.6) is 0 Å². The van der Waals surface area contributed by atoms with Crippen molar-refractivity contribution in [3.05, 3.63) is 0 Å². The molecule has 0 radical (unpaired) electrons. The third-order valence-electron chi connectivity index (χ3n) is 2.53. The second-order valence-corrected chi connectivity index (χ2v) is 4.05. The van der Waals surface area contributed by atoms with Gasteiger partial charge in [-0.2, -0.15) is 0 Å². The predicted octanol–water partition coefficient (Wildman–Crippen LogP) is 2.87. The fourth-order valence-corrected chi connectivity index (χ4v) is 2.10. The lowest BCUT2D eigenvalue weighted by Crippen LogP contribution is -2.24. The van der Waals surface area contributed by atoms with Crippen LogP contribution < -0.4 is 0 Å². The minimum Gasteiger partial charge on any atom is -0.450 e. The van der Waals surface area contributed by atoms with Crippen LogP contribution in [0.3, 0.4) is 0 Å². The second kappa shape index (κ2) is 5.32. The van der Waals surface area contributed by atoms with E-state index in [1.54, 1.807) is 0 Å². The van der Waals surface area contributed by atoms with Crippen molar-refractivity contribution in [3.63, 3.8) is 0 Å². The summed E-state index contributed by atoms with van der Waals surface area (Å²) in [5.74, 6) is 0.440. The largest absolute Gasteiger partial charge is 0.505 e. The van der Waals surface area contributed by atoms with Crippen LogP contribution in [0.4, 0.5) is 4.79 Å². The Labute approximate surface area is 83.0 Å². The predicted molar refractivity (Wildman–Crippen MR) is 50.2 cm³/mol. The van der Waals surface area contributed by atoms with Crippen LogP contribution in [0.2, 0.25) is 0 Å². The molecule has 0 aromatic rings. The molecule has 76 valence electrons. The van der Waals surface area contributed by atoms with Gasteiger partial charge in [0.05, 0.1) is 5.38 Å². The van der Waals surface area contributed by atoms with Gasteiger partial charge in [0.25, 0.3) is 0 Å². The highest BCUT2D eigenvalue weighted by atomic mass is 35.5. The average molecular weight is 207 g/mol. The number of alkyl halides is 1. The van der Waals surface area contributed by atoms with Crippen LogP contribution >= 0.6 is 11.6 Å². The highest BCUT2D eigenvalue weighted by Crippen LogP contribution is 2.29.